The Hall–Kier alpha value is -1.20. The van der Waals surface area contributed by atoms with E-state index in [0.29, 0.717) is 0 Å². The van der Waals surface area contributed by atoms with E-state index < -0.39 is 29.4 Å². The van der Waals surface area contributed by atoms with Gasteiger partial charge in [0.1, 0.15) is 5.69 Å². The zero-order valence-electron chi connectivity index (χ0n) is 9.01. The van der Waals surface area contributed by atoms with Gasteiger partial charge in [-0.25, -0.2) is 8.78 Å². The molecule has 1 heterocycles. The lowest BCUT2D eigenvalue weighted by Gasteiger charge is -2.21. The summed E-state index contributed by atoms with van der Waals surface area (Å²) in [6.45, 7) is 4.97. The highest BCUT2D eigenvalue weighted by Crippen LogP contribution is 2.31. The summed E-state index contributed by atoms with van der Waals surface area (Å²) in [6.07, 6.45) is -2.92. The van der Waals surface area contributed by atoms with Gasteiger partial charge in [0, 0.05) is 0 Å². The topological polar surface area (TPSA) is 27.1 Å². The summed E-state index contributed by atoms with van der Waals surface area (Å²) in [6, 6.07) is 0. The molecule has 1 aromatic heterocycles. The SMILES string of the molecule is COc1nn(C(C)(C)C)c(C(F)F)c1F. The molecule has 1 aromatic rings. The zero-order chi connectivity index (χ0) is 11.8. The van der Waals surface area contributed by atoms with Crippen LogP contribution in [0.4, 0.5) is 13.2 Å². The van der Waals surface area contributed by atoms with E-state index in [1.807, 2.05) is 0 Å². The molecule has 0 saturated heterocycles. The van der Waals surface area contributed by atoms with Gasteiger partial charge in [0.05, 0.1) is 12.6 Å². The molecule has 1 rings (SSSR count). The molecule has 6 heteroatoms. The standard InChI is InChI=1S/C9H13F3N2O/c1-9(2,3)14-6(7(11)12)5(10)8(13-14)15-4/h7H,1-4H3. The van der Waals surface area contributed by atoms with Gasteiger partial charge in [0.25, 0.3) is 12.3 Å². The Bertz CT molecular complexity index is 355. The van der Waals surface area contributed by atoms with E-state index in [-0.39, 0.29) is 0 Å². The lowest BCUT2D eigenvalue weighted by Crippen LogP contribution is -2.25. The van der Waals surface area contributed by atoms with Crippen molar-refractivity contribution in [1.82, 2.24) is 9.78 Å². The van der Waals surface area contributed by atoms with Crippen molar-refractivity contribution in [3.63, 3.8) is 0 Å². The molecule has 0 aliphatic rings. The van der Waals surface area contributed by atoms with Crippen molar-refractivity contribution < 1.29 is 17.9 Å². The van der Waals surface area contributed by atoms with Crippen LogP contribution in [0.25, 0.3) is 0 Å². The fraction of sp³-hybridized carbons (Fsp3) is 0.667. The molecule has 0 aliphatic heterocycles. The van der Waals surface area contributed by atoms with Gasteiger partial charge in [-0.2, -0.15) is 4.39 Å². The Morgan fingerprint density at radius 1 is 1.33 bits per heavy atom. The largest absolute Gasteiger partial charge is 0.478 e. The fourth-order valence-corrected chi connectivity index (χ4v) is 1.22. The number of hydrogen-bond acceptors (Lipinski definition) is 2. The van der Waals surface area contributed by atoms with Crippen molar-refractivity contribution in [3.05, 3.63) is 11.5 Å². The van der Waals surface area contributed by atoms with E-state index >= 15 is 0 Å². The number of alkyl halides is 2. The summed E-state index contributed by atoms with van der Waals surface area (Å²) < 4.78 is 44.1. The second-order valence-electron chi connectivity index (χ2n) is 4.09. The molecule has 0 bridgehead atoms. The summed E-state index contributed by atoms with van der Waals surface area (Å²) in [5, 5.41) is 3.66. The molecule has 0 amide bonds. The van der Waals surface area contributed by atoms with Crippen LogP contribution >= 0.6 is 0 Å². The van der Waals surface area contributed by atoms with Crippen molar-refractivity contribution in [2.75, 3.05) is 7.11 Å². The van der Waals surface area contributed by atoms with Gasteiger partial charge in [-0.1, -0.05) is 0 Å². The molecule has 15 heavy (non-hydrogen) atoms. The smallest absolute Gasteiger partial charge is 0.283 e. The molecule has 0 unspecified atom stereocenters. The minimum atomic E-state index is -2.92. The average molecular weight is 222 g/mol. The number of rotatable bonds is 2. The second kappa shape index (κ2) is 3.75. The average Bonchev–Trinajstić information content (AvgIpc) is 2.41. The van der Waals surface area contributed by atoms with Gasteiger partial charge in [0.2, 0.25) is 5.82 Å². The molecule has 0 fully saturated rings. The van der Waals surface area contributed by atoms with Crippen molar-refractivity contribution in [1.29, 1.82) is 0 Å². The Morgan fingerprint density at radius 2 is 1.87 bits per heavy atom. The summed E-state index contributed by atoms with van der Waals surface area (Å²) in [5.74, 6) is -1.50. The third-order valence-corrected chi connectivity index (χ3v) is 1.87. The van der Waals surface area contributed by atoms with Crippen LogP contribution in [-0.2, 0) is 5.54 Å². The van der Waals surface area contributed by atoms with Crippen molar-refractivity contribution in [3.8, 4) is 5.88 Å². The minimum Gasteiger partial charge on any atom is -0.478 e. The van der Waals surface area contributed by atoms with Gasteiger partial charge in [-0.15, -0.1) is 5.10 Å². The van der Waals surface area contributed by atoms with Gasteiger partial charge in [-0.05, 0) is 20.8 Å². The molecule has 3 nitrogen and oxygen atoms in total. The highest BCUT2D eigenvalue weighted by Gasteiger charge is 2.30. The molecule has 0 aliphatic carbocycles. The molecule has 0 atom stereocenters. The number of hydrogen-bond donors (Lipinski definition) is 0. The maximum absolute atomic E-state index is 13.4. The first kappa shape index (κ1) is 11.9. The van der Waals surface area contributed by atoms with Crippen molar-refractivity contribution >= 4 is 0 Å². The first-order valence-corrected chi connectivity index (χ1v) is 4.40. The van der Waals surface area contributed by atoms with Gasteiger partial charge in [-0.3, -0.25) is 4.68 Å². The highest BCUT2D eigenvalue weighted by molar-refractivity contribution is 5.21. The predicted octanol–water partition coefficient (Wildman–Crippen LogP) is 2.72. The fourth-order valence-electron chi connectivity index (χ4n) is 1.22. The third kappa shape index (κ3) is 2.08. The molecule has 0 radical (unpaired) electrons. The van der Waals surface area contributed by atoms with E-state index in [2.05, 4.69) is 9.84 Å². The van der Waals surface area contributed by atoms with E-state index in [4.69, 9.17) is 0 Å². The normalized spacial score (nSPS) is 12.3. The summed E-state index contributed by atoms with van der Waals surface area (Å²) >= 11 is 0. The molecule has 0 saturated carbocycles. The Morgan fingerprint density at radius 3 is 2.13 bits per heavy atom. The van der Waals surface area contributed by atoms with E-state index in [0.717, 1.165) is 4.68 Å². The predicted molar refractivity (Wildman–Crippen MR) is 48.7 cm³/mol. The minimum absolute atomic E-state index is 0.403. The van der Waals surface area contributed by atoms with Gasteiger partial charge < -0.3 is 4.74 Å². The van der Waals surface area contributed by atoms with Crippen LogP contribution in [0.3, 0.4) is 0 Å². The Kier molecular flexibility index (Phi) is 2.97. The number of aromatic nitrogens is 2. The van der Waals surface area contributed by atoms with Gasteiger partial charge >= 0.3 is 0 Å². The van der Waals surface area contributed by atoms with E-state index in [9.17, 15) is 13.2 Å². The van der Waals surface area contributed by atoms with E-state index in [1.165, 1.54) is 7.11 Å². The number of nitrogens with zero attached hydrogens (tertiary/aromatic N) is 2. The van der Waals surface area contributed by atoms with Crippen molar-refractivity contribution in [2.24, 2.45) is 0 Å². The monoisotopic (exact) mass is 222 g/mol. The van der Waals surface area contributed by atoms with Crippen LogP contribution in [0.5, 0.6) is 5.88 Å². The van der Waals surface area contributed by atoms with Crippen molar-refractivity contribution in [2.45, 2.75) is 32.7 Å². The van der Waals surface area contributed by atoms with Crippen LogP contribution in [0, 0.1) is 5.82 Å². The number of methoxy groups -OCH3 is 1. The quantitative estimate of drug-likeness (QED) is 0.769. The summed E-state index contributed by atoms with van der Waals surface area (Å²) in [4.78, 5) is 0. The molecular formula is C9H13F3N2O. The maximum Gasteiger partial charge on any atom is 0.283 e. The lowest BCUT2D eigenvalue weighted by molar-refractivity contribution is 0.125. The lowest BCUT2D eigenvalue weighted by atomic mass is 10.1. The number of halogens is 3. The molecule has 0 N–H and O–H groups in total. The molecular weight excluding hydrogens is 209 g/mol. The number of ether oxygens (including phenoxy) is 1. The van der Waals surface area contributed by atoms with Crippen LogP contribution in [0.1, 0.15) is 32.9 Å². The molecule has 86 valence electrons. The molecule has 0 spiro atoms. The Balaban J connectivity index is 3.38. The second-order valence-corrected chi connectivity index (χ2v) is 4.09. The Labute approximate surface area is 85.8 Å². The summed E-state index contributed by atoms with van der Waals surface area (Å²) in [7, 11) is 1.19. The van der Waals surface area contributed by atoms with Crippen LogP contribution in [0.15, 0.2) is 0 Å². The van der Waals surface area contributed by atoms with E-state index in [1.54, 1.807) is 20.8 Å². The van der Waals surface area contributed by atoms with Crippen LogP contribution in [0.2, 0.25) is 0 Å². The third-order valence-electron chi connectivity index (χ3n) is 1.87. The van der Waals surface area contributed by atoms with Crippen LogP contribution < -0.4 is 4.74 Å². The van der Waals surface area contributed by atoms with Crippen LogP contribution in [-0.4, -0.2) is 16.9 Å². The summed E-state index contributed by atoms with van der Waals surface area (Å²) in [5.41, 5.74) is -1.46. The highest BCUT2D eigenvalue weighted by atomic mass is 19.3. The molecule has 0 aromatic carbocycles. The maximum atomic E-state index is 13.4. The first-order chi connectivity index (χ1) is 6.79. The zero-order valence-corrected chi connectivity index (χ0v) is 9.01. The van der Waals surface area contributed by atoms with Gasteiger partial charge in [0.15, 0.2) is 0 Å². The first-order valence-electron chi connectivity index (χ1n) is 4.40.